The zero-order chi connectivity index (χ0) is 14.2. The molecule has 2 aromatic heterocycles. The molecular weight excluding hydrogens is 260 g/mol. The van der Waals surface area contributed by atoms with Crippen LogP contribution in [0.5, 0.6) is 0 Å². The van der Waals surface area contributed by atoms with Crippen molar-refractivity contribution in [2.24, 2.45) is 13.0 Å². The molecule has 0 spiro atoms. The van der Waals surface area contributed by atoms with Crippen LogP contribution in [0.15, 0.2) is 0 Å². The molecular formula is C14H23ClN4. The molecule has 2 heterocycles. The second kappa shape index (κ2) is 5.53. The monoisotopic (exact) mass is 282 g/mol. The molecule has 2 atom stereocenters. The topological polar surface area (TPSA) is 35.6 Å². The summed E-state index contributed by atoms with van der Waals surface area (Å²) in [4.78, 5) is 4.71. The molecule has 0 aliphatic rings. The molecule has 0 saturated heterocycles. The summed E-state index contributed by atoms with van der Waals surface area (Å²) < 4.78 is 4.21. The van der Waals surface area contributed by atoms with Gasteiger partial charge >= 0.3 is 0 Å². The van der Waals surface area contributed by atoms with E-state index in [0.29, 0.717) is 17.8 Å². The highest BCUT2D eigenvalue weighted by molar-refractivity contribution is 6.16. The van der Waals surface area contributed by atoms with Gasteiger partial charge in [-0.25, -0.2) is 4.98 Å². The van der Waals surface area contributed by atoms with Gasteiger partial charge in [0.05, 0.1) is 11.6 Å². The fourth-order valence-corrected chi connectivity index (χ4v) is 2.79. The molecule has 0 aromatic carbocycles. The summed E-state index contributed by atoms with van der Waals surface area (Å²) in [5.74, 6) is 1.98. The third-order valence-electron chi connectivity index (χ3n) is 4.14. The Balaban J connectivity index is 2.66. The summed E-state index contributed by atoms with van der Waals surface area (Å²) in [5, 5.41) is 4.56. The summed E-state index contributed by atoms with van der Waals surface area (Å²) in [6.07, 6.45) is 2.04. The summed E-state index contributed by atoms with van der Waals surface area (Å²) in [6, 6.07) is 0.379. The van der Waals surface area contributed by atoms with Crippen LogP contribution in [0.25, 0.3) is 11.2 Å². The van der Waals surface area contributed by atoms with Crippen LogP contribution in [0, 0.1) is 5.92 Å². The van der Waals surface area contributed by atoms with Crippen LogP contribution in [0.3, 0.4) is 0 Å². The molecule has 2 rings (SSSR count). The number of fused-ring (bicyclic) bond motifs is 1. The largest absolute Gasteiger partial charge is 0.309 e. The Labute approximate surface area is 119 Å². The van der Waals surface area contributed by atoms with Crippen LogP contribution in [-0.2, 0) is 19.3 Å². The number of nitrogens with zero attached hydrogens (tertiary/aromatic N) is 4. The van der Waals surface area contributed by atoms with Gasteiger partial charge in [0.2, 0.25) is 0 Å². The van der Waals surface area contributed by atoms with Gasteiger partial charge in [-0.3, -0.25) is 4.68 Å². The first-order valence-corrected chi connectivity index (χ1v) is 7.57. The van der Waals surface area contributed by atoms with Crippen LogP contribution < -0.4 is 0 Å². The molecule has 5 heteroatoms. The lowest BCUT2D eigenvalue weighted by Gasteiger charge is -2.22. The molecule has 2 aromatic rings. The molecule has 19 heavy (non-hydrogen) atoms. The minimum absolute atomic E-state index is 0.379. The summed E-state index contributed by atoms with van der Waals surface area (Å²) >= 11 is 6.09. The highest BCUT2D eigenvalue weighted by Gasteiger charge is 2.23. The zero-order valence-electron chi connectivity index (χ0n) is 12.4. The number of alkyl halides is 1. The minimum atomic E-state index is 0.379. The average molecular weight is 283 g/mol. The van der Waals surface area contributed by atoms with Crippen LogP contribution in [0.4, 0.5) is 0 Å². The van der Waals surface area contributed by atoms with Gasteiger partial charge in [-0.05, 0) is 19.3 Å². The second-order valence-corrected chi connectivity index (χ2v) is 5.52. The van der Waals surface area contributed by atoms with Gasteiger partial charge in [-0.1, -0.05) is 27.2 Å². The quantitative estimate of drug-likeness (QED) is 0.784. The van der Waals surface area contributed by atoms with Crippen molar-refractivity contribution in [2.45, 2.75) is 52.5 Å². The molecule has 0 bridgehead atoms. The van der Waals surface area contributed by atoms with Crippen molar-refractivity contribution in [2.75, 3.05) is 0 Å². The first-order chi connectivity index (χ1) is 9.04. The highest BCUT2D eigenvalue weighted by Crippen LogP contribution is 2.29. The lowest BCUT2D eigenvalue weighted by Crippen LogP contribution is -2.17. The molecule has 0 saturated carbocycles. The first kappa shape index (κ1) is 14.4. The van der Waals surface area contributed by atoms with Crippen molar-refractivity contribution in [3.8, 4) is 0 Å². The van der Waals surface area contributed by atoms with E-state index in [1.807, 2.05) is 11.7 Å². The minimum Gasteiger partial charge on any atom is -0.309 e. The van der Waals surface area contributed by atoms with E-state index in [9.17, 15) is 0 Å². The van der Waals surface area contributed by atoms with E-state index in [2.05, 4.69) is 37.4 Å². The van der Waals surface area contributed by atoms with Crippen LogP contribution in [0.2, 0.25) is 0 Å². The van der Waals surface area contributed by atoms with Crippen molar-refractivity contribution < 1.29 is 0 Å². The molecule has 106 valence electrons. The van der Waals surface area contributed by atoms with Gasteiger partial charge in [-0.15, -0.1) is 11.6 Å². The Hall–Kier alpha value is -1.03. The number of aryl methyl sites for hydroxylation is 2. The molecule has 0 amide bonds. The number of hydrogen-bond acceptors (Lipinski definition) is 2. The Bertz CT molecular complexity index is 570. The first-order valence-electron chi connectivity index (χ1n) is 7.03. The molecule has 0 aliphatic carbocycles. The number of imidazole rings is 1. The lowest BCUT2D eigenvalue weighted by atomic mass is 10.0. The van der Waals surface area contributed by atoms with E-state index in [4.69, 9.17) is 16.6 Å². The maximum atomic E-state index is 6.09. The summed E-state index contributed by atoms with van der Waals surface area (Å²) in [6.45, 7) is 8.84. The maximum absolute atomic E-state index is 6.09. The van der Waals surface area contributed by atoms with Gasteiger partial charge < -0.3 is 4.57 Å². The summed E-state index contributed by atoms with van der Waals surface area (Å²) in [7, 11) is 1.99. The molecule has 0 aliphatic heterocycles. The smallest absolute Gasteiger partial charge is 0.158 e. The standard InChI is InChI=1S/C14H23ClN4/c1-6-9(3)10(4)19-12(8-15)16-13-11(7-2)17-18(5)14(13)19/h9-10H,6-8H2,1-5H3. The molecule has 0 radical (unpaired) electrons. The Morgan fingerprint density at radius 1 is 1.26 bits per heavy atom. The predicted octanol–water partition coefficient (Wildman–Crippen LogP) is 3.68. The van der Waals surface area contributed by atoms with E-state index >= 15 is 0 Å². The Morgan fingerprint density at radius 3 is 2.47 bits per heavy atom. The van der Waals surface area contributed by atoms with Gasteiger partial charge in [0.1, 0.15) is 11.3 Å². The molecule has 4 nitrogen and oxygen atoms in total. The van der Waals surface area contributed by atoms with Crippen molar-refractivity contribution in [1.29, 1.82) is 0 Å². The Morgan fingerprint density at radius 2 is 1.95 bits per heavy atom. The number of halogens is 1. The van der Waals surface area contributed by atoms with E-state index in [-0.39, 0.29) is 0 Å². The van der Waals surface area contributed by atoms with Crippen molar-refractivity contribution in [1.82, 2.24) is 19.3 Å². The number of rotatable bonds is 5. The zero-order valence-corrected chi connectivity index (χ0v) is 13.2. The Kier molecular flexibility index (Phi) is 4.19. The second-order valence-electron chi connectivity index (χ2n) is 5.25. The van der Waals surface area contributed by atoms with E-state index in [1.54, 1.807) is 0 Å². The highest BCUT2D eigenvalue weighted by atomic mass is 35.5. The number of aromatic nitrogens is 4. The van der Waals surface area contributed by atoms with Crippen molar-refractivity contribution >= 4 is 22.8 Å². The van der Waals surface area contributed by atoms with E-state index in [1.165, 1.54) is 0 Å². The van der Waals surface area contributed by atoms with Gasteiger partial charge in [0, 0.05) is 13.1 Å². The average Bonchev–Trinajstić information content (AvgIpc) is 2.94. The third kappa shape index (κ3) is 2.27. The van der Waals surface area contributed by atoms with E-state index < -0.39 is 0 Å². The maximum Gasteiger partial charge on any atom is 0.158 e. The van der Waals surface area contributed by atoms with Crippen LogP contribution in [-0.4, -0.2) is 19.3 Å². The SMILES string of the molecule is CCc1nn(C)c2c1nc(CCl)n2C(C)C(C)CC. The lowest BCUT2D eigenvalue weighted by molar-refractivity contribution is 0.367. The fourth-order valence-electron chi connectivity index (χ4n) is 2.60. The molecule has 2 unspecified atom stereocenters. The van der Waals surface area contributed by atoms with Gasteiger partial charge in [0.15, 0.2) is 5.65 Å². The normalized spacial score (nSPS) is 15.1. The van der Waals surface area contributed by atoms with Crippen molar-refractivity contribution in [3.63, 3.8) is 0 Å². The fraction of sp³-hybridized carbons (Fsp3) is 0.714. The van der Waals surface area contributed by atoms with Crippen molar-refractivity contribution in [3.05, 3.63) is 11.5 Å². The van der Waals surface area contributed by atoms with Gasteiger partial charge in [0.25, 0.3) is 0 Å². The predicted molar refractivity (Wildman–Crippen MR) is 79.6 cm³/mol. The summed E-state index contributed by atoms with van der Waals surface area (Å²) in [5.41, 5.74) is 3.16. The third-order valence-corrected chi connectivity index (χ3v) is 4.38. The van der Waals surface area contributed by atoms with E-state index in [0.717, 1.165) is 35.5 Å². The molecule has 0 fully saturated rings. The van der Waals surface area contributed by atoms with Gasteiger partial charge in [-0.2, -0.15) is 5.10 Å². The number of hydrogen-bond donors (Lipinski definition) is 0. The molecule has 0 N–H and O–H groups in total. The van der Waals surface area contributed by atoms with Crippen LogP contribution >= 0.6 is 11.6 Å². The van der Waals surface area contributed by atoms with Crippen LogP contribution in [0.1, 0.15) is 51.7 Å².